The molecule has 29 heavy (non-hydrogen) atoms. The van der Waals surface area contributed by atoms with Crippen molar-refractivity contribution in [3.8, 4) is 0 Å². The second-order valence-corrected chi connectivity index (χ2v) is 8.78. The van der Waals surface area contributed by atoms with Crippen LogP contribution >= 0.6 is 11.8 Å². The third kappa shape index (κ3) is 5.53. The molecule has 1 aromatic carbocycles. The summed E-state index contributed by atoms with van der Waals surface area (Å²) in [6, 6.07) is 9.61. The highest BCUT2D eigenvalue weighted by molar-refractivity contribution is 8.13. The Bertz CT molecular complexity index is 725. The maximum Gasteiger partial charge on any atom is 0.325 e. The van der Waals surface area contributed by atoms with E-state index in [9.17, 15) is 9.59 Å². The molecule has 2 heterocycles. The zero-order valence-electron chi connectivity index (χ0n) is 17.5. The number of nitrogens with zero attached hydrogens (tertiary/aromatic N) is 3. The Hall–Kier alpha value is -2.02. The number of amides is 3. The minimum Gasteiger partial charge on any atom is -0.336 e. The molecule has 2 unspecified atom stereocenters. The molecule has 2 aliphatic rings. The number of thioether (sulfide) groups is 1. The van der Waals surface area contributed by atoms with Crippen LogP contribution in [0, 0.1) is 0 Å². The fourth-order valence-electron chi connectivity index (χ4n) is 3.82. The first-order valence-corrected chi connectivity index (χ1v) is 11.7. The van der Waals surface area contributed by atoms with Crippen LogP contribution in [-0.4, -0.2) is 58.5 Å². The van der Waals surface area contributed by atoms with Crippen molar-refractivity contribution in [3.63, 3.8) is 0 Å². The van der Waals surface area contributed by atoms with Crippen LogP contribution in [0.3, 0.4) is 0 Å². The Kier molecular flexibility index (Phi) is 7.98. The molecule has 2 atom stereocenters. The first kappa shape index (κ1) is 21.7. The molecule has 1 N–H and O–H groups in total. The zero-order chi connectivity index (χ0) is 20.6. The van der Waals surface area contributed by atoms with Crippen molar-refractivity contribution in [2.75, 3.05) is 19.3 Å². The van der Waals surface area contributed by atoms with E-state index in [1.54, 1.807) is 23.7 Å². The van der Waals surface area contributed by atoms with E-state index in [1.165, 1.54) is 31.2 Å². The van der Waals surface area contributed by atoms with Gasteiger partial charge >= 0.3 is 6.03 Å². The summed E-state index contributed by atoms with van der Waals surface area (Å²) in [7, 11) is 1.71. The van der Waals surface area contributed by atoms with Gasteiger partial charge in [-0.25, -0.2) is 9.79 Å². The van der Waals surface area contributed by atoms with Gasteiger partial charge < -0.3 is 9.80 Å². The van der Waals surface area contributed by atoms with Crippen molar-refractivity contribution in [1.29, 1.82) is 0 Å². The van der Waals surface area contributed by atoms with Crippen molar-refractivity contribution in [2.24, 2.45) is 4.99 Å². The van der Waals surface area contributed by atoms with Crippen LogP contribution in [0.1, 0.15) is 51.0 Å². The van der Waals surface area contributed by atoms with Gasteiger partial charge in [0.1, 0.15) is 0 Å². The molecule has 7 heteroatoms. The van der Waals surface area contributed by atoms with Crippen LogP contribution < -0.4 is 5.32 Å². The summed E-state index contributed by atoms with van der Waals surface area (Å²) in [5.74, 6) is 0.760. The lowest BCUT2D eigenvalue weighted by molar-refractivity contribution is -0.127. The maximum atomic E-state index is 12.6. The number of fused-ring (bicyclic) bond motifs is 1. The molecule has 158 valence electrons. The molecule has 0 spiro atoms. The fraction of sp³-hybridized carbons (Fsp3) is 0.591. The van der Waals surface area contributed by atoms with E-state index in [1.807, 2.05) is 6.07 Å². The number of nitrogens with one attached hydrogen (secondary N) is 1. The van der Waals surface area contributed by atoms with Crippen LogP contribution in [0.2, 0.25) is 0 Å². The van der Waals surface area contributed by atoms with Crippen molar-refractivity contribution >= 4 is 28.9 Å². The summed E-state index contributed by atoms with van der Waals surface area (Å²) in [6.45, 7) is 2.98. The average molecular weight is 417 g/mol. The Morgan fingerprint density at radius 2 is 1.83 bits per heavy atom. The van der Waals surface area contributed by atoms with E-state index in [2.05, 4.69) is 41.4 Å². The highest BCUT2D eigenvalue weighted by Crippen LogP contribution is 2.29. The van der Waals surface area contributed by atoms with E-state index in [0.717, 1.165) is 36.7 Å². The predicted molar refractivity (Wildman–Crippen MR) is 119 cm³/mol. The minimum absolute atomic E-state index is 0.236. The van der Waals surface area contributed by atoms with Gasteiger partial charge in [-0.05, 0) is 24.8 Å². The third-order valence-electron chi connectivity index (χ3n) is 5.51. The van der Waals surface area contributed by atoms with E-state index >= 15 is 0 Å². The molecule has 3 amide bonds. The first-order chi connectivity index (χ1) is 14.1. The molecule has 0 radical (unpaired) electrons. The van der Waals surface area contributed by atoms with Crippen LogP contribution in [0.5, 0.6) is 0 Å². The van der Waals surface area contributed by atoms with Crippen molar-refractivity contribution in [3.05, 3.63) is 35.9 Å². The number of benzene rings is 1. The molecule has 6 nitrogen and oxygen atoms in total. The number of imide groups is 1. The largest absolute Gasteiger partial charge is 0.336 e. The van der Waals surface area contributed by atoms with Gasteiger partial charge in [-0.3, -0.25) is 10.1 Å². The first-order valence-electron chi connectivity index (χ1n) is 10.7. The monoisotopic (exact) mass is 416 g/mol. The van der Waals surface area contributed by atoms with Gasteiger partial charge in [0.2, 0.25) is 0 Å². The van der Waals surface area contributed by atoms with E-state index in [4.69, 9.17) is 4.99 Å². The van der Waals surface area contributed by atoms with Gasteiger partial charge in [-0.15, -0.1) is 0 Å². The molecular weight excluding hydrogens is 384 g/mol. The Morgan fingerprint density at radius 3 is 2.59 bits per heavy atom. The van der Waals surface area contributed by atoms with E-state index < -0.39 is 12.2 Å². The second kappa shape index (κ2) is 10.7. The number of carbonyl (C=O) groups is 2. The highest BCUT2D eigenvalue weighted by Gasteiger charge is 2.48. The number of hydrogen-bond acceptors (Lipinski definition) is 5. The normalized spacial score (nSPS) is 21.2. The molecule has 0 aromatic heterocycles. The van der Waals surface area contributed by atoms with Gasteiger partial charge in [0, 0.05) is 19.3 Å². The van der Waals surface area contributed by atoms with Gasteiger partial charge in [0.25, 0.3) is 5.91 Å². The van der Waals surface area contributed by atoms with E-state index in [-0.39, 0.29) is 11.9 Å². The van der Waals surface area contributed by atoms with Crippen LogP contribution in [0.15, 0.2) is 35.3 Å². The van der Waals surface area contributed by atoms with Crippen LogP contribution in [0.25, 0.3) is 0 Å². The fourth-order valence-corrected chi connectivity index (χ4v) is 4.91. The van der Waals surface area contributed by atoms with Crippen LogP contribution in [-0.2, 0) is 11.2 Å². The highest BCUT2D eigenvalue weighted by atomic mass is 32.2. The molecule has 0 saturated carbocycles. The number of carbonyl (C=O) groups excluding carboxylic acids is 2. The summed E-state index contributed by atoms with van der Waals surface area (Å²) < 4.78 is 0. The average Bonchev–Trinajstić information content (AvgIpc) is 3.09. The van der Waals surface area contributed by atoms with Crippen LogP contribution in [0.4, 0.5) is 4.79 Å². The predicted octanol–water partition coefficient (Wildman–Crippen LogP) is 3.87. The number of likely N-dealkylation sites (N-methyl/N-ethyl adjacent to an activating group) is 1. The summed E-state index contributed by atoms with van der Waals surface area (Å²) >= 11 is 1.73. The van der Waals surface area contributed by atoms with Crippen molar-refractivity contribution < 1.29 is 9.59 Å². The number of unbranched alkanes of at least 4 members (excludes halogenated alkanes) is 4. The van der Waals surface area contributed by atoms with Crippen molar-refractivity contribution in [2.45, 2.75) is 64.1 Å². The Labute approximate surface area is 178 Å². The number of aliphatic imine (C=N–C) groups is 1. The lowest BCUT2D eigenvalue weighted by atomic mass is 10.1. The van der Waals surface area contributed by atoms with E-state index in [0.29, 0.717) is 0 Å². The number of amidine groups is 1. The molecule has 1 fully saturated rings. The van der Waals surface area contributed by atoms with Gasteiger partial charge in [0.05, 0.1) is 0 Å². The second-order valence-electron chi connectivity index (χ2n) is 7.72. The molecule has 0 bridgehead atoms. The third-order valence-corrected chi connectivity index (χ3v) is 6.60. The number of aryl methyl sites for hydroxylation is 1. The molecule has 1 saturated heterocycles. The Morgan fingerprint density at radius 1 is 1.07 bits per heavy atom. The minimum atomic E-state index is -0.421. The van der Waals surface area contributed by atoms with Gasteiger partial charge in [-0.2, -0.15) is 0 Å². The maximum absolute atomic E-state index is 12.6. The SMILES string of the molecule is CCCCCCCSC1=NC2C(C(=O)NC(=O)N2C)N1CCCc1ccccc1. The van der Waals surface area contributed by atoms with Gasteiger partial charge in [-0.1, -0.05) is 74.7 Å². The molecule has 2 aliphatic heterocycles. The summed E-state index contributed by atoms with van der Waals surface area (Å²) in [5, 5.41) is 3.38. The van der Waals surface area contributed by atoms with Crippen molar-refractivity contribution in [1.82, 2.24) is 15.1 Å². The number of rotatable bonds is 10. The quantitative estimate of drug-likeness (QED) is 0.588. The standard InChI is InChI=1S/C22H32N4O2S/c1-3-4-5-6-10-16-29-22-23-19-18(20(27)24-21(28)25(19)2)26(22)15-11-14-17-12-8-7-9-13-17/h7-9,12-13,18-19H,3-6,10-11,14-16H2,1-2H3,(H,24,27,28). The summed E-state index contributed by atoms with van der Waals surface area (Å²) in [5.41, 5.74) is 1.30. The summed E-state index contributed by atoms with van der Waals surface area (Å²) in [4.78, 5) is 33.0. The molecule has 0 aliphatic carbocycles. The van der Waals surface area contributed by atoms with Gasteiger partial charge in [0.15, 0.2) is 17.4 Å². The molecule has 1 aromatic rings. The lowest BCUT2D eigenvalue weighted by Crippen LogP contribution is -2.63. The number of hydrogen-bond donors (Lipinski definition) is 1. The Balaban J connectivity index is 1.61. The lowest BCUT2D eigenvalue weighted by Gasteiger charge is -2.36. The summed E-state index contributed by atoms with van der Waals surface area (Å²) in [6.07, 6.45) is 7.66. The number of urea groups is 1. The molecular formula is C22H32N4O2S. The topological polar surface area (TPSA) is 65.0 Å². The molecule has 3 rings (SSSR count). The smallest absolute Gasteiger partial charge is 0.325 e. The zero-order valence-corrected chi connectivity index (χ0v) is 18.3.